The Morgan fingerprint density at radius 2 is 2.17 bits per heavy atom. The lowest BCUT2D eigenvalue weighted by molar-refractivity contribution is -0.138. The Bertz CT molecular complexity index is 597. The van der Waals surface area contributed by atoms with Gasteiger partial charge in [-0.3, -0.25) is 14.5 Å². The Balaban J connectivity index is 2.01. The number of ether oxygens (including phenoxy) is 1. The Morgan fingerprint density at radius 3 is 2.87 bits per heavy atom. The van der Waals surface area contributed by atoms with Crippen LogP contribution >= 0.6 is 0 Å². The van der Waals surface area contributed by atoms with E-state index in [1.807, 2.05) is 0 Å². The lowest BCUT2D eigenvalue weighted by Crippen LogP contribution is -2.49. The number of likely N-dealkylation sites (N-methyl/N-ethyl adjacent to an activating group) is 1. The van der Waals surface area contributed by atoms with Gasteiger partial charge in [-0.2, -0.15) is 0 Å². The molecule has 126 valence electrons. The van der Waals surface area contributed by atoms with Crippen molar-refractivity contribution in [2.45, 2.75) is 6.10 Å². The van der Waals surface area contributed by atoms with Crippen molar-refractivity contribution in [3.05, 3.63) is 35.4 Å². The van der Waals surface area contributed by atoms with Crippen LogP contribution in [0.25, 0.3) is 0 Å². The SMILES string of the molecule is CN(CC(=O)O)CC1CN(C(=O)c2cccc(F)c2F)CCO1. The highest BCUT2D eigenvalue weighted by molar-refractivity contribution is 5.94. The largest absolute Gasteiger partial charge is 0.480 e. The summed E-state index contributed by atoms with van der Waals surface area (Å²) < 4.78 is 32.5. The third kappa shape index (κ3) is 4.46. The number of amides is 1. The molecule has 1 aliphatic rings. The summed E-state index contributed by atoms with van der Waals surface area (Å²) in [6.07, 6.45) is -0.381. The molecule has 23 heavy (non-hydrogen) atoms. The number of morpholine rings is 1. The van der Waals surface area contributed by atoms with Gasteiger partial charge >= 0.3 is 5.97 Å². The molecular weight excluding hydrogens is 310 g/mol. The first-order valence-electron chi connectivity index (χ1n) is 7.13. The fourth-order valence-electron chi connectivity index (χ4n) is 2.50. The van der Waals surface area contributed by atoms with E-state index < -0.39 is 23.5 Å². The van der Waals surface area contributed by atoms with E-state index in [-0.39, 0.29) is 37.9 Å². The van der Waals surface area contributed by atoms with Gasteiger partial charge in [-0.25, -0.2) is 8.78 Å². The summed E-state index contributed by atoms with van der Waals surface area (Å²) in [4.78, 5) is 25.9. The fraction of sp³-hybridized carbons (Fsp3) is 0.467. The molecule has 1 unspecified atom stereocenters. The van der Waals surface area contributed by atoms with Crippen molar-refractivity contribution in [3.63, 3.8) is 0 Å². The van der Waals surface area contributed by atoms with Crippen LogP contribution in [0.2, 0.25) is 0 Å². The van der Waals surface area contributed by atoms with Gasteiger partial charge in [-0.1, -0.05) is 6.07 Å². The van der Waals surface area contributed by atoms with Crippen molar-refractivity contribution < 1.29 is 28.2 Å². The minimum Gasteiger partial charge on any atom is -0.480 e. The van der Waals surface area contributed by atoms with E-state index in [1.165, 1.54) is 17.0 Å². The second kappa shape index (κ2) is 7.47. The highest BCUT2D eigenvalue weighted by Gasteiger charge is 2.28. The van der Waals surface area contributed by atoms with Crippen LogP contribution in [-0.4, -0.2) is 72.7 Å². The van der Waals surface area contributed by atoms with E-state index in [2.05, 4.69) is 0 Å². The number of hydrogen-bond donors (Lipinski definition) is 1. The molecule has 1 atom stereocenters. The molecule has 1 heterocycles. The number of carbonyl (C=O) groups is 2. The molecule has 0 spiro atoms. The van der Waals surface area contributed by atoms with Crippen LogP contribution in [0.1, 0.15) is 10.4 Å². The van der Waals surface area contributed by atoms with Gasteiger partial charge in [0.05, 0.1) is 24.8 Å². The first-order valence-corrected chi connectivity index (χ1v) is 7.13. The van der Waals surface area contributed by atoms with Crippen molar-refractivity contribution >= 4 is 11.9 Å². The number of carboxylic acid groups (broad SMARTS) is 1. The summed E-state index contributed by atoms with van der Waals surface area (Å²) in [6, 6.07) is 3.47. The van der Waals surface area contributed by atoms with E-state index in [0.29, 0.717) is 6.54 Å². The smallest absolute Gasteiger partial charge is 0.317 e. The Morgan fingerprint density at radius 1 is 1.43 bits per heavy atom. The number of halogens is 2. The molecule has 0 radical (unpaired) electrons. The number of rotatable bonds is 5. The van der Waals surface area contributed by atoms with E-state index in [4.69, 9.17) is 9.84 Å². The van der Waals surface area contributed by atoms with Crippen molar-refractivity contribution in [2.24, 2.45) is 0 Å². The van der Waals surface area contributed by atoms with E-state index in [9.17, 15) is 18.4 Å². The lowest BCUT2D eigenvalue weighted by atomic mass is 10.1. The molecule has 8 heteroatoms. The Kier molecular flexibility index (Phi) is 5.62. The fourth-order valence-corrected chi connectivity index (χ4v) is 2.50. The van der Waals surface area contributed by atoms with Gasteiger partial charge in [-0.05, 0) is 19.2 Å². The number of hydrogen-bond acceptors (Lipinski definition) is 4. The molecule has 1 aromatic rings. The number of carbonyl (C=O) groups excluding carboxylic acids is 1. The summed E-state index contributed by atoms with van der Waals surface area (Å²) in [5.74, 6) is -3.79. The summed E-state index contributed by atoms with van der Waals surface area (Å²) in [7, 11) is 1.63. The zero-order chi connectivity index (χ0) is 17.0. The standard InChI is InChI=1S/C15H18F2N2O4/c1-18(9-13(20)21)7-10-8-19(5-6-23-10)15(22)11-3-2-4-12(16)14(11)17/h2-4,10H,5-9H2,1H3,(H,20,21). The maximum absolute atomic E-state index is 13.7. The first kappa shape index (κ1) is 17.3. The maximum atomic E-state index is 13.7. The summed E-state index contributed by atoms with van der Waals surface area (Å²) in [6.45, 7) is 0.898. The zero-order valence-corrected chi connectivity index (χ0v) is 12.7. The molecule has 1 N–H and O–H groups in total. The molecule has 1 aliphatic heterocycles. The van der Waals surface area contributed by atoms with Crippen molar-refractivity contribution in [1.29, 1.82) is 0 Å². The number of carboxylic acids is 1. The average Bonchev–Trinajstić information content (AvgIpc) is 2.48. The maximum Gasteiger partial charge on any atom is 0.317 e. The number of aliphatic carboxylic acids is 1. The third-order valence-corrected chi connectivity index (χ3v) is 3.53. The second-order valence-corrected chi connectivity index (χ2v) is 5.44. The zero-order valence-electron chi connectivity index (χ0n) is 12.7. The van der Waals surface area contributed by atoms with Crippen LogP contribution in [0.15, 0.2) is 18.2 Å². The molecule has 0 aromatic heterocycles. The van der Waals surface area contributed by atoms with Gasteiger partial charge in [0.15, 0.2) is 11.6 Å². The van der Waals surface area contributed by atoms with Crippen LogP contribution in [-0.2, 0) is 9.53 Å². The summed E-state index contributed by atoms with van der Waals surface area (Å²) >= 11 is 0. The van der Waals surface area contributed by atoms with E-state index >= 15 is 0 Å². The topological polar surface area (TPSA) is 70.1 Å². The molecule has 1 fully saturated rings. The summed E-state index contributed by atoms with van der Waals surface area (Å²) in [5.41, 5.74) is -0.315. The van der Waals surface area contributed by atoms with E-state index in [0.717, 1.165) is 6.07 Å². The Labute approximate surface area is 132 Å². The van der Waals surface area contributed by atoms with Gasteiger partial charge in [-0.15, -0.1) is 0 Å². The van der Waals surface area contributed by atoms with Crippen molar-refractivity contribution in [3.8, 4) is 0 Å². The average molecular weight is 328 g/mol. The van der Waals surface area contributed by atoms with Crippen LogP contribution < -0.4 is 0 Å². The predicted molar refractivity (Wildman–Crippen MR) is 77.1 cm³/mol. The molecule has 1 amide bonds. The van der Waals surface area contributed by atoms with Crippen LogP contribution in [0, 0.1) is 11.6 Å². The normalized spacial score (nSPS) is 18.3. The number of nitrogens with zero attached hydrogens (tertiary/aromatic N) is 2. The molecule has 0 saturated carbocycles. The molecule has 6 nitrogen and oxygen atoms in total. The molecule has 0 aliphatic carbocycles. The molecular formula is C15H18F2N2O4. The minimum atomic E-state index is -1.16. The first-order chi connectivity index (χ1) is 10.9. The van der Waals surface area contributed by atoms with Crippen molar-refractivity contribution in [2.75, 3.05) is 39.8 Å². The second-order valence-electron chi connectivity index (χ2n) is 5.44. The lowest BCUT2D eigenvalue weighted by Gasteiger charge is -2.34. The summed E-state index contributed by atoms with van der Waals surface area (Å²) in [5, 5.41) is 8.73. The predicted octanol–water partition coefficient (Wildman–Crippen LogP) is 0.822. The molecule has 2 rings (SSSR count). The number of benzene rings is 1. The van der Waals surface area contributed by atoms with Gasteiger partial charge in [0.2, 0.25) is 0 Å². The van der Waals surface area contributed by atoms with Crippen LogP contribution in [0.3, 0.4) is 0 Å². The minimum absolute atomic E-state index is 0.146. The van der Waals surface area contributed by atoms with Gasteiger partial charge in [0, 0.05) is 19.6 Å². The van der Waals surface area contributed by atoms with Gasteiger partial charge in [0.1, 0.15) is 0 Å². The third-order valence-electron chi connectivity index (χ3n) is 3.53. The van der Waals surface area contributed by atoms with E-state index in [1.54, 1.807) is 11.9 Å². The van der Waals surface area contributed by atoms with Gasteiger partial charge in [0.25, 0.3) is 5.91 Å². The van der Waals surface area contributed by atoms with Crippen molar-refractivity contribution in [1.82, 2.24) is 9.80 Å². The highest BCUT2D eigenvalue weighted by Crippen LogP contribution is 2.16. The quantitative estimate of drug-likeness (QED) is 0.867. The van der Waals surface area contributed by atoms with Crippen LogP contribution in [0.5, 0.6) is 0 Å². The Hall–Kier alpha value is -2.06. The molecule has 0 bridgehead atoms. The molecule has 1 saturated heterocycles. The monoisotopic (exact) mass is 328 g/mol. The van der Waals surface area contributed by atoms with Gasteiger partial charge < -0.3 is 14.7 Å². The molecule has 1 aromatic carbocycles. The van der Waals surface area contributed by atoms with Crippen LogP contribution in [0.4, 0.5) is 8.78 Å². The highest BCUT2D eigenvalue weighted by atomic mass is 19.2.